The van der Waals surface area contributed by atoms with Crippen LogP contribution in [0.25, 0.3) is 0 Å². The highest BCUT2D eigenvalue weighted by Gasteiger charge is 2.12. The third-order valence-electron chi connectivity index (χ3n) is 3.97. The molecule has 2 rings (SSSR count). The van der Waals surface area contributed by atoms with E-state index in [-0.39, 0.29) is 0 Å². The zero-order chi connectivity index (χ0) is 15.2. The van der Waals surface area contributed by atoms with E-state index in [2.05, 4.69) is 56.0 Å². The van der Waals surface area contributed by atoms with Gasteiger partial charge in [-0.3, -0.25) is 0 Å². The van der Waals surface area contributed by atoms with Gasteiger partial charge >= 0.3 is 0 Å². The first-order chi connectivity index (χ1) is 10.1. The molecule has 0 saturated carbocycles. The van der Waals surface area contributed by atoms with Gasteiger partial charge in [-0.25, -0.2) is 0 Å². The van der Waals surface area contributed by atoms with Crippen LogP contribution in [0.15, 0.2) is 48.5 Å². The Morgan fingerprint density at radius 2 is 1.81 bits per heavy atom. The van der Waals surface area contributed by atoms with Gasteiger partial charge in [-0.1, -0.05) is 36.4 Å². The molecule has 0 heterocycles. The van der Waals surface area contributed by atoms with Crippen molar-refractivity contribution in [3.05, 3.63) is 65.2 Å². The molecule has 21 heavy (non-hydrogen) atoms. The second-order valence-corrected chi connectivity index (χ2v) is 5.58. The maximum atomic E-state index is 10.4. The smallest absolute Gasteiger partial charge is 0.0809 e. The molecule has 1 unspecified atom stereocenters. The van der Waals surface area contributed by atoms with Crippen LogP contribution in [0, 0.1) is 13.8 Å². The molecule has 0 bridgehead atoms. The molecule has 0 aromatic heterocycles. The van der Waals surface area contributed by atoms with Gasteiger partial charge in [-0.2, -0.15) is 0 Å². The van der Waals surface area contributed by atoms with Crippen molar-refractivity contribution in [3.8, 4) is 0 Å². The molecule has 1 N–H and O–H groups in total. The Labute approximate surface area is 128 Å². The third kappa shape index (κ3) is 4.08. The highest BCUT2D eigenvalue weighted by molar-refractivity contribution is 5.48. The van der Waals surface area contributed by atoms with Gasteiger partial charge < -0.3 is 10.0 Å². The topological polar surface area (TPSA) is 23.5 Å². The molecule has 1 atom stereocenters. The lowest BCUT2D eigenvalue weighted by Crippen LogP contribution is -2.25. The van der Waals surface area contributed by atoms with Gasteiger partial charge in [0.1, 0.15) is 0 Å². The Hall–Kier alpha value is -1.80. The van der Waals surface area contributed by atoms with Gasteiger partial charge in [0.15, 0.2) is 0 Å². The number of rotatable bonds is 6. The Morgan fingerprint density at radius 3 is 2.48 bits per heavy atom. The zero-order valence-electron chi connectivity index (χ0n) is 13.2. The van der Waals surface area contributed by atoms with Crippen LogP contribution in [0.3, 0.4) is 0 Å². The molecule has 2 aromatic rings. The van der Waals surface area contributed by atoms with E-state index in [0.717, 1.165) is 30.6 Å². The monoisotopic (exact) mass is 283 g/mol. The molecule has 0 fully saturated rings. The summed E-state index contributed by atoms with van der Waals surface area (Å²) in [4.78, 5) is 2.31. The zero-order valence-corrected chi connectivity index (χ0v) is 13.2. The average Bonchev–Trinajstić information content (AvgIpc) is 2.48. The van der Waals surface area contributed by atoms with Crippen molar-refractivity contribution in [2.24, 2.45) is 0 Å². The van der Waals surface area contributed by atoms with E-state index in [9.17, 15) is 5.11 Å². The van der Waals surface area contributed by atoms with Crippen LogP contribution in [-0.2, 0) is 0 Å². The molecule has 0 aliphatic carbocycles. The fourth-order valence-electron chi connectivity index (χ4n) is 2.69. The number of aliphatic hydroxyl groups is 1. The van der Waals surface area contributed by atoms with Crippen molar-refractivity contribution in [3.63, 3.8) is 0 Å². The SMILES string of the molecule is CCN(CCC(O)c1ccccc1C)c1cccc(C)c1. The Morgan fingerprint density at radius 1 is 1.05 bits per heavy atom. The lowest BCUT2D eigenvalue weighted by Gasteiger charge is -2.25. The lowest BCUT2D eigenvalue weighted by molar-refractivity contribution is 0.169. The molecule has 2 heteroatoms. The molecule has 112 valence electrons. The molecule has 0 spiro atoms. The van der Waals surface area contributed by atoms with E-state index < -0.39 is 6.10 Å². The number of aliphatic hydroxyl groups excluding tert-OH is 1. The van der Waals surface area contributed by atoms with Crippen LogP contribution in [0.2, 0.25) is 0 Å². The largest absolute Gasteiger partial charge is 0.388 e. The van der Waals surface area contributed by atoms with Gasteiger partial charge in [0.25, 0.3) is 0 Å². The summed E-state index contributed by atoms with van der Waals surface area (Å²) in [6, 6.07) is 16.6. The maximum Gasteiger partial charge on any atom is 0.0809 e. The summed E-state index contributed by atoms with van der Waals surface area (Å²) in [7, 11) is 0. The van der Waals surface area contributed by atoms with Crippen LogP contribution in [-0.4, -0.2) is 18.2 Å². The first-order valence-electron chi connectivity index (χ1n) is 7.67. The fraction of sp³-hybridized carbons (Fsp3) is 0.368. The summed E-state index contributed by atoms with van der Waals surface area (Å²) < 4.78 is 0. The van der Waals surface area contributed by atoms with Crippen molar-refractivity contribution in [1.82, 2.24) is 0 Å². The summed E-state index contributed by atoms with van der Waals surface area (Å²) in [6.45, 7) is 8.12. The van der Waals surface area contributed by atoms with Crippen LogP contribution < -0.4 is 4.90 Å². The highest BCUT2D eigenvalue weighted by atomic mass is 16.3. The average molecular weight is 283 g/mol. The summed E-state index contributed by atoms with van der Waals surface area (Å²) in [5, 5.41) is 10.4. The molecule has 0 aliphatic rings. The first-order valence-corrected chi connectivity index (χ1v) is 7.67. The Bertz CT molecular complexity index is 579. The van der Waals surface area contributed by atoms with E-state index in [1.807, 2.05) is 18.2 Å². The third-order valence-corrected chi connectivity index (χ3v) is 3.97. The van der Waals surface area contributed by atoms with Crippen molar-refractivity contribution in [2.75, 3.05) is 18.0 Å². The second-order valence-electron chi connectivity index (χ2n) is 5.58. The van der Waals surface area contributed by atoms with Gasteiger partial charge in [0, 0.05) is 18.8 Å². The molecular weight excluding hydrogens is 258 g/mol. The highest BCUT2D eigenvalue weighted by Crippen LogP contribution is 2.22. The number of aryl methyl sites for hydroxylation is 2. The van der Waals surface area contributed by atoms with Crippen molar-refractivity contribution < 1.29 is 5.11 Å². The summed E-state index contributed by atoms with van der Waals surface area (Å²) in [6.07, 6.45) is 0.345. The fourth-order valence-corrected chi connectivity index (χ4v) is 2.69. The minimum absolute atomic E-state index is 0.398. The second kappa shape index (κ2) is 7.28. The lowest BCUT2D eigenvalue weighted by atomic mass is 10.0. The number of anilines is 1. The Kier molecular flexibility index (Phi) is 5.40. The minimum Gasteiger partial charge on any atom is -0.388 e. The van der Waals surface area contributed by atoms with Crippen molar-refractivity contribution in [1.29, 1.82) is 0 Å². The standard InChI is InChI=1S/C19H25NO/c1-4-20(17-10-7-8-15(2)14-17)13-12-19(21)18-11-6-5-9-16(18)3/h5-11,14,19,21H,4,12-13H2,1-3H3. The first kappa shape index (κ1) is 15.6. The molecule has 0 aliphatic heterocycles. The van der Waals surface area contributed by atoms with Crippen molar-refractivity contribution in [2.45, 2.75) is 33.3 Å². The molecule has 0 amide bonds. The van der Waals surface area contributed by atoms with Crippen LogP contribution >= 0.6 is 0 Å². The van der Waals surface area contributed by atoms with E-state index >= 15 is 0 Å². The van der Waals surface area contributed by atoms with Crippen LogP contribution in [0.4, 0.5) is 5.69 Å². The number of nitrogens with zero attached hydrogens (tertiary/aromatic N) is 1. The normalized spacial score (nSPS) is 12.2. The number of hydrogen-bond donors (Lipinski definition) is 1. The quantitative estimate of drug-likeness (QED) is 0.856. The maximum absolute atomic E-state index is 10.4. The van der Waals surface area contributed by atoms with Crippen molar-refractivity contribution >= 4 is 5.69 Å². The molecule has 2 nitrogen and oxygen atoms in total. The van der Waals surface area contributed by atoms with E-state index in [4.69, 9.17) is 0 Å². The van der Waals surface area contributed by atoms with Gasteiger partial charge in [0.05, 0.1) is 6.10 Å². The number of hydrogen-bond acceptors (Lipinski definition) is 2. The van der Waals surface area contributed by atoms with E-state index in [0.29, 0.717) is 0 Å². The summed E-state index contributed by atoms with van der Waals surface area (Å²) in [5.74, 6) is 0. The Balaban J connectivity index is 2.02. The van der Waals surface area contributed by atoms with E-state index in [1.165, 1.54) is 11.3 Å². The van der Waals surface area contributed by atoms with Crippen LogP contribution in [0.5, 0.6) is 0 Å². The molecule has 2 aromatic carbocycles. The van der Waals surface area contributed by atoms with Crippen LogP contribution in [0.1, 0.15) is 36.1 Å². The predicted octanol–water partition coefficient (Wildman–Crippen LogP) is 4.25. The number of benzene rings is 2. The molecular formula is C19H25NO. The van der Waals surface area contributed by atoms with E-state index in [1.54, 1.807) is 0 Å². The molecule has 0 saturated heterocycles. The predicted molar refractivity (Wildman–Crippen MR) is 89.8 cm³/mol. The van der Waals surface area contributed by atoms with Gasteiger partial charge in [0.2, 0.25) is 0 Å². The summed E-state index contributed by atoms with van der Waals surface area (Å²) >= 11 is 0. The molecule has 0 radical (unpaired) electrons. The minimum atomic E-state index is -0.398. The summed E-state index contributed by atoms with van der Waals surface area (Å²) in [5.41, 5.74) is 4.70. The van der Waals surface area contributed by atoms with Gasteiger partial charge in [-0.05, 0) is 56.0 Å². The van der Waals surface area contributed by atoms with Gasteiger partial charge in [-0.15, -0.1) is 0 Å².